The smallest absolute Gasteiger partial charge is 0.227 e. The fourth-order valence-electron chi connectivity index (χ4n) is 5.37. The van der Waals surface area contributed by atoms with Crippen LogP contribution in [0.1, 0.15) is 67.9 Å². The Kier molecular flexibility index (Phi) is 5.50. The van der Waals surface area contributed by atoms with E-state index in [1.165, 1.54) is 61.9 Å². The minimum atomic E-state index is -0.398. The van der Waals surface area contributed by atoms with Crippen molar-refractivity contribution in [2.75, 3.05) is 11.4 Å². The van der Waals surface area contributed by atoms with Crippen LogP contribution in [0.5, 0.6) is 0 Å². The summed E-state index contributed by atoms with van der Waals surface area (Å²) in [5.74, 6) is -0.956. The van der Waals surface area contributed by atoms with E-state index in [-0.39, 0.29) is 24.1 Å². The number of benzene rings is 1. The molecule has 1 saturated carbocycles. The van der Waals surface area contributed by atoms with Gasteiger partial charge in [0.05, 0.1) is 24.2 Å². The number of fused-ring (bicyclic) bond motifs is 1. The van der Waals surface area contributed by atoms with Crippen LogP contribution < -0.4 is 10.2 Å². The van der Waals surface area contributed by atoms with E-state index in [9.17, 15) is 14.0 Å². The van der Waals surface area contributed by atoms with Gasteiger partial charge < -0.3 is 10.2 Å². The highest BCUT2D eigenvalue weighted by Crippen LogP contribution is 2.34. The molecule has 2 fully saturated rings. The van der Waals surface area contributed by atoms with Crippen molar-refractivity contribution in [3.63, 3.8) is 0 Å². The van der Waals surface area contributed by atoms with Crippen molar-refractivity contribution in [3.8, 4) is 0 Å². The van der Waals surface area contributed by atoms with E-state index in [2.05, 4.69) is 10.00 Å². The number of carbonyl (C=O) groups excluding carboxylic acids is 2. The van der Waals surface area contributed by atoms with E-state index in [4.69, 9.17) is 5.10 Å². The van der Waals surface area contributed by atoms with Crippen LogP contribution in [0.25, 0.3) is 0 Å². The number of aromatic nitrogens is 2. The molecular weight excluding hydrogens is 395 g/mol. The zero-order valence-electron chi connectivity index (χ0n) is 17.8. The molecule has 164 valence electrons. The molecule has 0 spiro atoms. The largest absolute Gasteiger partial charge is 0.350 e. The molecule has 1 aromatic carbocycles. The maximum absolute atomic E-state index is 13.2. The molecule has 1 unspecified atom stereocenters. The summed E-state index contributed by atoms with van der Waals surface area (Å²) in [7, 11) is 0. The van der Waals surface area contributed by atoms with Gasteiger partial charge in [-0.2, -0.15) is 5.10 Å². The van der Waals surface area contributed by atoms with Crippen molar-refractivity contribution in [1.82, 2.24) is 15.1 Å². The molecule has 1 aliphatic heterocycles. The van der Waals surface area contributed by atoms with E-state index < -0.39 is 5.92 Å². The van der Waals surface area contributed by atoms with Crippen LogP contribution in [0.3, 0.4) is 0 Å². The Morgan fingerprint density at radius 3 is 2.61 bits per heavy atom. The van der Waals surface area contributed by atoms with Crippen LogP contribution in [-0.4, -0.2) is 28.1 Å². The van der Waals surface area contributed by atoms with Crippen molar-refractivity contribution in [1.29, 1.82) is 0 Å². The summed E-state index contributed by atoms with van der Waals surface area (Å²) in [6, 6.07) is 6.33. The van der Waals surface area contributed by atoms with Crippen molar-refractivity contribution in [3.05, 3.63) is 47.0 Å². The standard InChI is InChI=1S/C24H29FN4O2/c25-17-9-11-18(12-10-17)28-15-16(13-23(28)30)24(31)26-14-21-20-7-3-4-8-22(20)29(27-21)19-5-1-2-6-19/h9-12,16,19H,1-8,13-15H2,(H,26,31). The molecule has 0 bridgehead atoms. The average molecular weight is 425 g/mol. The van der Waals surface area contributed by atoms with Crippen molar-refractivity contribution < 1.29 is 14.0 Å². The lowest BCUT2D eigenvalue weighted by molar-refractivity contribution is -0.126. The molecule has 6 nitrogen and oxygen atoms in total. The minimum absolute atomic E-state index is 0.102. The summed E-state index contributed by atoms with van der Waals surface area (Å²) in [6.45, 7) is 0.743. The first kappa shape index (κ1) is 20.2. The first-order chi connectivity index (χ1) is 15.1. The number of hydrogen-bond donors (Lipinski definition) is 1. The normalized spacial score (nSPS) is 21.5. The van der Waals surface area contributed by atoms with Crippen molar-refractivity contribution >= 4 is 17.5 Å². The second-order valence-corrected chi connectivity index (χ2v) is 9.06. The molecule has 31 heavy (non-hydrogen) atoms. The Morgan fingerprint density at radius 2 is 1.84 bits per heavy atom. The molecular formula is C24H29FN4O2. The monoisotopic (exact) mass is 424 g/mol. The third-order valence-corrected chi connectivity index (χ3v) is 7.03. The maximum Gasteiger partial charge on any atom is 0.227 e. The predicted octanol–water partition coefficient (Wildman–Crippen LogP) is 3.69. The van der Waals surface area contributed by atoms with Crippen LogP contribution in [-0.2, 0) is 29.0 Å². The Balaban J connectivity index is 1.26. The third-order valence-electron chi connectivity index (χ3n) is 7.03. The van der Waals surface area contributed by atoms with Crippen LogP contribution in [0, 0.1) is 11.7 Å². The highest BCUT2D eigenvalue weighted by Gasteiger charge is 2.35. The topological polar surface area (TPSA) is 67.2 Å². The lowest BCUT2D eigenvalue weighted by atomic mass is 9.95. The van der Waals surface area contributed by atoms with Crippen LogP contribution in [0.15, 0.2) is 24.3 Å². The first-order valence-electron chi connectivity index (χ1n) is 11.5. The van der Waals surface area contributed by atoms with E-state index in [1.807, 2.05) is 0 Å². The Hall–Kier alpha value is -2.70. The third kappa shape index (κ3) is 3.98. The number of nitrogens with zero attached hydrogens (tertiary/aromatic N) is 3. The van der Waals surface area contributed by atoms with Crippen molar-refractivity contribution in [2.24, 2.45) is 5.92 Å². The Morgan fingerprint density at radius 1 is 1.10 bits per heavy atom. The van der Waals surface area contributed by atoms with Gasteiger partial charge in [0.1, 0.15) is 5.82 Å². The van der Waals surface area contributed by atoms with Gasteiger partial charge in [0.15, 0.2) is 0 Å². The fourth-order valence-corrected chi connectivity index (χ4v) is 5.37. The number of carbonyl (C=O) groups is 2. The van der Waals surface area contributed by atoms with Crippen LogP contribution >= 0.6 is 0 Å². The molecule has 2 amide bonds. The second kappa shape index (κ2) is 8.44. The molecule has 2 aromatic rings. The quantitative estimate of drug-likeness (QED) is 0.796. The second-order valence-electron chi connectivity index (χ2n) is 9.06. The van der Waals surface area contributed by atoms with Gasteiger partial charge in [-0.15, -0.1) is 0 Å². The SMILES string of the molecule is O=C(NCc1nn(C2CCCC2)c2c1CCCC2)C1CC(=O)N(c2ccc(F)cc2)C1. The molecule has 1 aromatic heterocycles. The first-order valence-corrected chi connectivity index (χ1v) is 11.5. The average Bonchev–Trinajstić information content (AvgIpc) is 3.51. The molecule has 1 saturated heterocycles. The Bertz CT molecular complexity index is 978. The van der Waals surface area contributed by atoms with E-state index in [1.54, 1.807) is 17.0 Å². The van der Waals surface area contributed by atoms with Gasteiger partial charge >= 0.3 is 0 Å². The van der Waals surface area contributed by atoms with Crippen LogP contribution in [0.2, 0.25) is 0 Å². The summed E-state index contributed by atoms with van der Waals surface area (Å²) < 4.78 is 15.4. The molecule has 2 heterocycles. The zero-order valence-corrected chi connectivity index (χ0v) is 17.8. The summed E-state index contributed by atoms with van der Waals surface area (Å²) in [5.41, 5.74) is 4.33. The highest BCUT2D eigenvalue weighted by atomic mass is 19.1. The molecule has 0 radical (unpaired) electrons. The van der Waals surface area contributed by atoms with Gasteiger partial charge in [0.25, 0.3) is 0 Å². The van der Waals surface area contributed by atoms with Gasteiger partial charge in [-0.25, -0.2) is 4.39 Å². The van der Waals surface area contributed by atoms with Gasteiger partial charge in [-0.1, -0.05) is 12.8 Å². The number of halogens is 1. The summed E-state index contributed by atoms with van der Waals surface area (Å²) >= 11 is 0. The highest BCUT2D eigenvalue weighted by molar-refractivity contribution is 6.00. The predicted molar refractivity (Wildman–Crippen MR) is 115 cm³/mol. The molecule has 2 aliphatic carbocycles. The lowest BCUT2D eigenvalue weighted by Gasteiger charge is -2.18. The lowest BCUT2D eigenvalue weighted by Crippen LogP contribution is -2.33. The van der Waals surface area contributed by atoms with Gasteiger partial charge in [0, 0.05) is 24.3 Å². The zero-order chi connectivity index (χ0) is 21.4. The number of hydrogen-bond acceptors (Lipinski definition) is 3. The molecule has 1 N–H and O–H groups in total. The number of anilines is 1. The summed E-state index contributed by atoms with van der Waals surface area (Å²) in [4.78, 5) is 26.8. The van der Waals surface area contributed by atoms with E-state index in [0.717, 1.165) is 18.5 Å². The van der Waals surface area contributed by atoms with Gasteiger partial charge in [-0.05, 0) is 68.4 Å². The fraction of sp³-hybridized carbons (Fsp3) is 0.542. The Labute approximate surface area is 181 Å². The van der Waals surface area contributed by atoms with E-state index >= 15 is 0 Å². The molecule has 7 heteroatoms. The molecule has 1 atom stereocenters. The van der Waals surface area contributed by atoms with Crippen molar-refractivity contribution in [2.45, 2.75) is 70.4 Å². The van der Waals surface area contributed by atoms with Gasteiger partial charge in [0.2, 0.25) is 11.8 Å². The van der Waals surface area contributed by atoms with E-state index in [0.29, 0.717) is 24.8 Å². The number of rotatable bonds is 5. The van der Waals surface area contributed by atoms with Crippen LogP contribution in [0.4, 0.5) is 10.1 Å². The molecule has 3 aliphatic rings. The summed E-state index contributed by atoms with van der Waals surface area (Å²) in [6.07, 6.45) is 9.61. The maximum atomic E-state index is 13.2. The summed E-state index contributed by atoms with van der Waals surface area (Å²) in [5, 5.41) is 7.99. The van der Waals surface area contributed by atoms with Gasteiger partial charge in [-0.3, -0.25) is 14.3 Å². The number of nitrogens with one attached hydrogen (secondary N) is 1. The minimum Gasteiger partial charge on any atom is -0.350 e. The number of amides is 2. The molecule has 5 rings (SSSR count).